The molecule has 5 nitrogen and oxygen atoms in total. The number of nitrogens with one attached hydrogen (secondary N) is 1. The number of aromatic amines is 1. The zero-order valence-electron chi connectivity index (χ0n) is 19.0. The Bertz CT molecular complexity index is 1480. The molecule has 0 bridgehead atoms. The summed E-state index contributed by atoms with van der Waals surface area (Å²) in [6.07, 6.45) is 2.83. The van der Waals surface area contributed by atoms with Gasteiger partial charge in [0, 0.05) is 23.3 Å². The fraction of sp³-hybridized carbons (Fsp3) is 0.143. The van der Waals surface area contributed by atoms with Crippen molar-refractivity contribution >= 4 is 28.0 Å². The number of methoxy groups -OCH3 is 1. The summed E-state index contributed by atoms with van der Waals surface area (Å²) in [7, 11) is 1.48. The standard InChI is InChI=1S/C28H22F2N2O3/c1-3-25(33)35-24-7-5-4-6-20(24)27(17-10-13-23-21(14-17)28(30)32-31-23)26(16-8-9-16)19-12-11-18(34-2)15-22(19)29/h3-7,10-16H,1,8-9H2,2H3,(H,31,32)/b27-26-. The summed E-state index contributed by atoms with van der Waals surface area (Å²) >= 11 is 0. The Morgan fingerprint density at radius 3 is 2.60 bits per heavy atom. The molecule has 4 aromatic rings. The predicted molar refractivity (Wildman–Crippen MR) is 130 cm³/mol. The van der Waals surface area contributed by atoms with Crippen molar-refractivity contribution < 1.29 is 23.0 Å². The number of fused-ring (bicyclic) bond motifs is 1. The number of nitrogens with zero attached hydrogens (tertiary/aromatic N) is 1. The number of ether oxygens (including phenoxy) is 2. The monoisotopic (exact) mass is 472 g/mol. The van der Waals surface area contributed by atoms with Crippen LogP contribution in [0.4, 0.5) is 8.78 Å². The molecule has 0 spiro atoms. The topological polar surface area (TPSA) is 64.2 Å². The molecule has 1 heterocycles. The molecule has 3 aromatic carbocycles. The molecule has 1 fully saturated rings. The highest BCUT2D eigenvalue weighted by molar-refractivity contribution is 6.03. The van der Waals surface area contributed by atoms with Crippen LogP contribution >= 0.6 is 0 Å². The predicted octanol–water partition coefficient (Wildman–Crippen LogP) is 6.31. The number of para-hydroxylation sites is 1. The van der Waals surface area contributed by atoms with Gasteiger partial charge in [-0.25, -0.2) is 9.18 Å². The van der Waals surface area contributed by atoms with Gasteiger partial charge < -0.3 is 9.47 Å². The van der Waals surface area contributed by atoms with Gasteiger partial charge in [-0.1, -0.05) is 30.8 Å². The largest absolute Gasteiger partial charge is 0.497 e. The van der Waals surface area contributed by atoms with Gasteiger partial charge in [0.2, 0.25) is 5.95 Å². The molecule has 0 unspecified atom stereocenters. The molecule has 7 heteroatoms. The molecule has 5 rings (SSSR count). The summed E-state index contributed by atoms with van der Waals surface area (Å²) in [6, 6.07) is 17.0. The summed E-state index contributed by atoms with van der Waals surface area (Å²) in [5.41, 5.74) is 3.61. The van der Waals surface area contributed by atoms with Gasteiger partial charge in [-0.15, -0.1) is 5.10 Å². The number of allylic oxidation sites excluding steroid dienone is 1. The van der Waals surface area contributed by atoms with E-state index in [1.807, 2.05) is 12.1 Å². The van der Waals surface area contributed by atoms with Crippen LogP contribution in [0.2, 0.25) is 0 Å². The number of aromatic nitrogens is 2. The molecule has 176 valence electrons. The van der Waals surface area contributed by atoms with E-state index in [9.17, 15) is 9.18 Å². The third-order valence-electron chi connectivity index (χ3n) is 6.06. The van der Waals surface area contributed by atoms with Crippen LogP contribution in [0.1, 0.15) is 29.5 Å². The van der Waals surface area contributed by atoms with Crippen LogP contribution in [0.5, 0.6) is 11.5 Å². The molecule has 1 N–H and O–H groups in total. The van der Waals surface area contributed by atoms with Crippen LogP contribution in [0.15, 0.2) is 73.3 Å². The molecule has 0 atom stereocenters. The molecular weight excluding hydrogens is 450 g/mol. The lowest BCUT2D eigenvalue weighted by Gasteiger charge is -2.20. The van der Waals surface area contributed by atoms with Gasteiger partial charge in [0.25, 0.3) is 0 Å². The Kier molecular flexibility index (Phi) is 5.91. The van der Waals surface area contributed by atoms with Crippen LogP contribution in [-0.4, -0.2) is 23.3 Å². The fourth-order valence-electron chi connectivity index (χ4n) is 4.28. The highest BCUT2D eigenvalue weighted by Crippen LogP contribution is 2.50. The first-order chi connectivity index (χ1) is 17.0. The average Bonchev–Trinajstić information content (AvgIpc) is 3.65. The minimum absolute atomic E-state index is 0.0842. The van der Waals surface area contributed by atoms with E-state index in [4.69, 9.17) is 9.47 Å². The Labute approximate surface area is 200 Å². The molecule has 0 saturated heterocycles. The summed E-state index contributed by atoms with van der Waals surface area (Å²) in [4.78, 5) is 12.1. The van der Waals surface area contributed by atoms with Crippen LogP contribution in [-0.2, 0) is 4.79 Å². The van der Waals surface area contributed by atoms with Gasteiger partial charge in [-0.3, -0.25) is 5.10 Å². The fourth-order valence-corrected chi connectivity index (χ4v) is 4.28. The summed E-state index contributed by atoms with van der Waals surface area (Å²) in [6.45, 7) is 3.48. The summed E-state index contributed by atoms with van der Waals surface area (Å²) in [5.74, 6) is -0.883. The van der Waals surface area contributed by atoms with E-state index in [1.54, 1.807) is 42.5 Å². The first-order valence-electron chi connectivity index (χ1n) is 11.2. The van der Waals surface area contributed by atoms with Crippen molar-refractivity contribution in [3.8, 4) is 11.5 Å². The number of hydrogen-bond donors (Lipinski definition) is 1. The van der Waals surface area contributed by atoms with Gasteiger partial charge in [-0.2, -0.15) is 4.39 Å². The van der Waals surface area contributed by atoms with Crippen molar-refractivity contribution in [3.05, 3.63) is 102 Å². The third kappa shape index (κ3) is 4.33. The Morgan fingerprint density at radius 2 is 1.89 bits per heavy atom. The molecule has 0 aliphatic heterocycles. The number of halogens is 2. The maximum Gasteiger partial charge on any atom is 0.335 e. The zero-order chi connectivity index (χ0) is 24.5. The number of esters is 1. The second kappa shape index (κ2) is 9.18. The second-order valence-electron chi connectivity index (χ2n) is 8.30. The number of H-pyrrole nitrogens is 1. The molecule has 1 saturated carbocycles. The molecule has 35 heavy (non-hydrogen) atoms. The van der Waals surface area contributed by atoms with E-state index in [0.29, 0.717) is 44.7 Å². The lowest BCUT2D eigenvalue weighted by atomic mass is 9.86. The molecule has 1 aromatic heterocycles. The van der Waals surface area contributed by atoms with E-state index in [2.05, 4.69) is 16.8 Å². The summed E-state index contributed by atoms with van der Waals surface area (Å²) in [5, 5.41) is 6.63. The van der Waals surface area contributed by atoms with E-state index < -0.39 is 17.7 Å². The van der Waals surface area contributed by atoms with E-state index in [1.165, 1.54) is 13.2 Å². The number of rotatable bonds is 7. The Morgan fingerprint density at radius 1 is 1.09 bits per heavy atom. The van der Waals surface area contributed by atoms with Gasteiger partial charge in [0.1, 0.15) is 17.3 Å². The number of hydrogen-bond acceptors (Lipinski definition) is 4. The van der Waals surface area contributed by atoms with Crippen LogP contribution in [0, 0.1) is 17.7 Å². The van der Waals surface area contributed by atoms with E-state index in [-0.39, 0.29) is 5.92 Å². The van der Waals surface area contributed by atoms with Gasteiger partial charge >= 0.3 is 5.97 Å². The molecule has 0 amide bonds. The minimum Gasteiger partial charge on any atom is -0.497 e. The number of carbonyl (C=O) groups is 1. The Balaban J connectivity index is 1.83. The minimum atomic E-state index is -0.629. The van der Waals surface area contributed by atoms with Crippen molar-refractivity contribution in [2.45, 2.75) is 12.8 Å². The second-order valence-corrected chi connectivity index (χ2v) is 8.30. The van der Waals surface area contributed by atoms with Crippen molar-refractivity contribution in [2.24, 2.45) is 5.92 Å². The zero-order valence-corrected chi connectivity index (χ0v) is 19.0. The molecular formula is C28H22F2N2O3. The quantitative estimate of drug-likeness (QED) is 0.148. The number of benzene rings is 3. The molecule has 0 radical (unpaired) electrons. The highest BCUT2D eigenvalue weighted by Gasteiger charge is 2.33. The van der Waals surface area contributed by atoms with Crippen LogP contribution in [0.3, 0.4) is 0 Å². The van der Waals surface area contributed by atoms with Gasteiger partial charge in [0.15, 0.2) is 0 Å². The maximum absolute atomic E-state index is 15.4. The molecule has 1 aliphatic carbocycles. The van der Waals surface area contributed by atoms with Crippen molar-refractivity contribution in [3.63, 3.8) is 0 Å². The van der Waals surface area contributed by atoms with E-state index in [0.717, 1.165) is 24.5 Å². The van der Waals surface area contributed by atoms with E-state index >= 15 is 4.39 Å². The SMILES string of the molecule is C=CC(=O)Oc1ccccc1/C(=C(\c1ccc(OC)cc1F)C1CC1)c1ccc2[nH]nc(F)c2c1. The first kappa shape index (κ1) is 22.5. The molecule has 1 aliphatic rings. The van der Waals surface area contributed by atoms with Crippen molar-refractivity contribution in [1.29, 1.82) is 0 Å². The smallest absolute Gasteiger partial charge is 0.335 e. The van der Waals surface area contributed by atoms with Crippen molar-refractivity contribution in [1.82, 2.24) is 10.2 Å². The third-order valence-corrected chi connectivity index (χ3v) is 6.06. The van der Waals surface area contributed by atoms with Crippen LogP contribution in [0.25, 0.3) is 22.0 Å². The normalized spacial score (nSPS) is 13.9. The maximum atomic E-state index is 15.4. The first-order valence-corrected chi connectivity index (χ1v) is 11.2. The average molecular weight is 472 g/mol. The van der Waals surface area contributed by atoms with Crippen molar-refractivity contribution in [2.75, 3.05) is 7.11 Å². The number of carbonyl (C=O) groups excluding carboxylic acids is 1. The van der Waals surface area contributed by atoms with Gasteiger partial charge in [-0.05, 0) is 65.8 Å². The Hall–Kier alpha value is -4.26. The van der Waals surface area contributed by atoms with Gasteiger partial charge in [0.05, 0.1) is 18.0 Å². The lowest BCUT2D eigenvalue weighted by molar-refractivity contribution is -0.128. The summed E-state index contributed by atoms with van der Waals surface area (Å²) < 4.78 is 40.6. The highest BCUT2D eigenvalue weighted by atomic mass is 19.1. The lowest BCUT2D eigenvalue weighted by Crippen LogP contribution is -2.07. The van der Waals surface area contributed by atoms with Crippen LogP contribution < -0.4 is 9.47 Å².